The Kier molecular flexibility index (Phi) is 22.8. The molecule has 0 aromatic heterocycles. The summed E-state index contributed by atoms with van der Waals surface area (Å²) in [4.78, 5) is 0. The monoisotopic (exact) mass is 373 g/mol. The van der Waals surface area contributed by atoms with E-state index in [1.165, 1.54) is 83.5 Å². The zero-order valence-electron chi connectivity index (χ0n) is 16.1. The van der Waals surface area contributed by atoms with Gasteiger partial charge < -0.3 is 0 Å². The fraction of sp³-hybridized carbons (Fsp3) is 1.00. The second-order valence-corrected chi connectivity index (χ2v) is 8.31. The van der Waals surface area contributed by atoms with E-state index in [0.29, 0.717) is 6.42 Å². The summed E-state index contributed by atoms with van der Waals surface area (Å²) >= 11 is 0. The standard InChI is InChI=1S/C18H38O4S.Na/c1-2-3-4-5-6-7-8-9-10-11-12-13-14-15-16-17-18-23(20,21)22-19;/h19H,2-18H2,1H3;. The topological polar surface area (TPSA) is 63.6 Å². The zero-order chi connectivity index (χ0) is 17.2. The quantitative estimate of drug-likeness (QED) is 0.145. The molecular weight excluding hydrogens is 335 g/mol. The summed E-state index contributed by atoms with van der Waals surface area (Å²) in [6, 6.07) is 0. The summed E-state index contributed by atoms with van der Waals surface area (Å²) < 4.78 is 25.2. The van der Waals surface area contributed by atoms with E-state index in [4.69, 9.17) is 5.26 Å². The first kappa shape index (κ1) is 27.1. The van der Waals surface area contributed by atoms with Crippen LogP contribution >= 0.6 is 0 Å². The Hall–Kier alpha value is 0.870. The van der Waals surface area contributed by atoms with Gasteiger partial charge in [-0.1, -0.05) is 103 Å². The molecule has 0 aromatic rings. The Morgan fingerprint density at radius 3 is 1.21 bits per heavy atom. The summed E-state index contributed by atoms with van der Waals surface area (Å²) in [5.74, 6) is -0.0814. The van der Waals surface area contributed by atoms with E-state index in [1.807, 2.05) is 0 Å². The molecule has 0 aromatic carbocycles. The van der Waals surface area contributed by atoms with Gasteiger partial charge in [-0.2, -0.15) is 8.42 Å². The van der Waals surface area contributed by atoms with Crippen LogP contribution in [0.5, 0.6) is 0 Å². The van der Waals surface area contributed by atoms with E-state index in [2.05, 4.69) is 11.3 Å². The van der Waals surface area contributed by atoms with Gasteiger partial charge in [0.1, 0.15) is 0 Å². The molecule has 24 heavy (non-hydrogen) atoms. The van der Waals surface area contributed by atoms with Gasteiger partial charge in [0.25, 0.3) is 10.1 Å². The Labute approximate surface area is 172 Å². The van der Waals surface area contributed by atoms with Crippen molar-refractivity contribution in [1.29, 1.82) is 0 Å². The predicted molar refractivity (Wildman–Crippen MR) is 103 cm³/mol. The summed E-state index contributed by atoms with van der Waals surface area (Å²) in [5.41, 5.74) is 0. The Balaban J connectivity index is 0. The van der Waals surface area contributed by atoms with Crippen molar-refractivity contribution in [3.05, 3.63) is 0 Å². The van der Waals surface area contributed by atoms with Crippen molar-refractivity contribution >= 4 is 39.7 Å². The van der Waals surface area contributed by atoms with Crippen LogP contribution in [0.1, 0.15) is 110 Å². The molecule has 141 valence electrons. The molecule has 0 spiro atoms. The second kappa shape index (κ2) is 20.2. The third kappa shape index (κ3) is 20.9. The van der Waals surface area contributed by atoms with Gasteiger partial charge in [0, 0.05) is 29.6 Å². The van der Waals surface area contributed by atoms with Crippen molar-refractivity contribution < 1.29 is 18.0 Å². The molecule has 1 radical (unpaired) electrons. The van der Waals surface area contributed by atoms with Crippen LogP contribution in [0.15, 0.2) is 0 Å². The van der Waals surface area contributed by atoms with Crippen LogP contribution in [0.3, 0.4) is 0 Å². The SMILES string of the molecule is CCCCCCCCCCCCCCCCCCS(=O)(=O)OO.[Na]. The summed E-state index contributed by atoms with van der Waals surface area (Å²) in [5, 5.41) is 8.13. The summed E-state index contributed by atoms with van der Waals surface area (Å²) in [6.45, 7) is 2.26. The van der Waals surface area contributed by atoms with E-state index in [9.17, 15) is 8.42 Å². The zero-order valence-corrected chi connectivity index (χ0v) is 18.9. The van der Waals surface area contributed by atoms with E-state index in [0.717, 1.165) is 12.8 Å². The Morgan fingerprint density at radius 2 is 0.917 bits per heavy atom. The minimum absolute atomic E-state index is 0. The minimum Gasteiger partial charge on any atom is -0.235 e. The predicted octanol–water partition coefficient (Wildman–Crippen LogP) is 5.69. The average Bonchev–Trinajstić information content (AvgIpc) is 2.54. The summed E-state index contributed by atoms with van der Waals surface area (Å²) in [6.07, 6.45) is 20.1. The minimum atomic E-state index is -3.68. The first-order valence-corrected chi connectivity index (χ1v) is 11.3. The van der Waals surface area contributed by atoms with Gasteiger partial charge in [-0.25, -0.2) is 5.26 Å². The Bertz CT molecular complexity index is 334. The van der Waals surface area contributed by atoms with Crippen molar-refractivity contribution in [2.24, 2.45) is 0 Å². The van der Waals surface area contributed by atoms with Crippen molar-refractivity contribution in [2.45, 2.75) is 110 Å². The molecule has 0 unspecified atom stereocenters. The van der Waals surface area contributed by atoms with Crippen LogP contribution in [0.4, 0.5) is 0 Å². The molecule has 0 heterocycles. The summed E-state index contributed by atoms with van der Waals surface area (Å²) in [7, 11) is -3.68. The molecule has 0 aliphatic heterocycles. The fourth-order valence-electron chi connectivity index (χ4n) is 2.86. The van der Waals surface area contributed by atoms with Gasteiger partial charge in [0.05, 0.1) is 5.75 Å². The number of rotatable bonds is 18. The van der Waals surface area contributed by atoms with Crippen LogP contribution in [0, 0.1) is 0 Å². The fourth-order valence-corrected chi connectivity index (χ4v) is 3.50. The molecule has 0 aliphatic carbocycles. The molecule has 0 bridgehead atoms. The Morgan fingerprint density at radius 1 is 0.625 bits per heavy atom. The molecule has 0 atom stereocenters. The van der Waals surface area contributed by atoms with Crippen molar-refractivity contribution in [1.82, 2.24) is 0 Å². The third-order valence-electron chi connectivity index (χ3n) is 4.36. The molecule has 6 heteroatoms. The van der Waals surface area contributed by atoms with E-state index in [-0.39, 0.29) is 35.3 Å². The largest absolute Gasteiger partial charge is 0.293 e. The van der Waals surface area contributed by atoms with Crippen molar-refractivity contribution in [3.8, 4) is 0 Å². The third-order valence-corrected chi connectivity index (χ3v) is 5.38. The van der Waals surface area contributed by atoms with Gasteiger partial charge in [-0.3, -0.25) is 0 Å². The van der Waals surface area contributed by atoms with E-state index >= 15 is 0 Å². The van der Waals surface area contributed by atoms with Gasteiger partial charge in [-0.15, -0.1) is 4.33 Å². The van der Waals surface area contributed by atoms with Crippen LogP contribution in [0.25, 0.3) is 0 Å². The number of hydrogen-bond acceptors (Lipinski definition) is 4. The van der Waals surface area contributed by atoms with E-state index in [1.54, 1.807) is 0 Å². The molecule has 4 nitrogen and oxygen atoms in total. The first-order valence-electron chi connectivity index (χ1n) is 9.68. The average molecular weight is 374 g/mol. The molecule has 0 saturated heterocycles. The second-order valence-electron chi connectivity index (χ2n) is 6.64. The van der Waals surface area contributed by atoms with Gasteiger partial charge in [0.15, 0.2) is 0 Å². The van der Waals surface area contributed by atoms with Crippen molar-refractivity contribution in [2.75, 3.05) is 5.75 Å². The number of hydrogen-bond donors (Lipinski definition) is 1. The van der Waals surface area contributed by atoms with Crippen molar-refractivity contribution in [3.63, 3.8) is 0 Å². The molecule has 1 N–H and O–H groups in total. The van der Waals surface area contributed by atoms with Gasteiger partial charge in [0.2, 0.25) is 0 Å². The molecule has 0 fully saturated rings. The van der Waals surface area contributed by atoms with Gasteiger partial charge >= 0.3 is 0 Å². The van der Waals surface area contributed by atoms with Crippen LogP contribution in [-0.4, -0.2) is 49.0 Å². The van der Waals surface area contributed by atoms with Crippen LogP contribution in [0.2, 0.25) is 0 Å². The van der Waals surface area contributed by atoms with Gasteiger partial charge in [-0.05, 0) is 6.42 Å². The molecule has 0 saturated carbocycles. The van der Waals surface area contributed by atoms with Crippen LogP contribution in [-0.2, 0) is 14.5 Å². The van der Waals surface area contributed by atoms with Crippen LogP contribution < -0.4 is 0 Å². The maximum atomic E-state index is 10.9. The first-order chi connectivity index (χ1) is 11.1. The molecule has 0 aliphatic rings. The normalized spacial score (nSPS) is 11.4. The molecular formula is C18H38NaO4S. The molecule has 0 amide bonds. The number of unbranched alkanes of at least 4 members (excludes halogenated alkanes) is 15. The maximum absolute atomic E-state index is 10.9. The molecule has 0 rings (SSSR count). The van der Waals surface area contributed by atoms with E-state index < -0.39 is 10.1 Å². The maximum Gasteiger partial charge on any atom is 0.293 e. The smallest absolute Gasteiger partial charge is 0.235 e.